The molecule has 0 spiro atoms. The van der Waals surface area contributed by atoms with Crippen molar-refractivity contribution in [3.05, 3.63) is 27.3 Å². The topological polar surface area (TPSA) is 9.23 Å². The zero-order valence-corrected chi connectivity index (χ0v) is 9.80. The van der Waals surface area contributed by atoms with Crippen LogP contribution in [0.1, 0.15) is 18.4 Å². The van der Waals surface area contributed by atoms with Gasteiger partial charge in [0.1, 0.15) is 5.75 Å². The normalized spacial score (nSPS) is 16.5. The molecular weight excluding hydrogens is 320 g/mol. The van der Waals surface area contributed by atoms with Crippen molar-refractivity contribution in [2.24, 2.45) is 0 Å². The van der Waals surface area contributed by atoms with Crippen molar-refractivity contribution in [2.45, 2.75) is 25.1 Å². The molecule has 0 N–H and O–H groups in total. The SMILES string of the molecule is FC(F)(F)c1cc(I)cc(OC2CC2)c1. The highest BCUT2D eigenvalue weighted by molar-refractivity contribution is 14.1. The highest BCUT2D eigenvalue weighted by atomic mass is 127. The Kier molecular flexibility index (Phi) is 2.83. The molecule has 5 heteroatoms. The number of benzene rings is 1. The number of ether oxygens (including phenoxy) is 1. The molecule has 0 radical (unpaired) electrons. The molecule has 1 saturated carbocycles. The molecule has 0 saturated heterocycles. The molecule has 0 heterocycles. The first-order chi connectivity index (χ1) is 6.95. The molecule has 0 unspecified atom stereocenters. The van der Waals surface area contributed by atoms with Crippen LogP contribution in [0, 0.1) is 3.57 Å². The minimum atomic E-state index is -4.30. The summed E-state index contributed by atoms with van der Waals surface area (Å²) in [5.74, 6) is 0.316. The number of rotatable bonds is 2. The van der Waals surface area contributed by atoms with Crippen LogP contribution in [-0.2, 0) is 6.18 Å². The van der Waals surface area contributed by atoms with Gasteiger partial charge >= 0.3 is 6.18 Å². The van der Waals surface area contributed by atoms with E-state index in [4.69, 9.17) is 4.74 Å². The molecule has 0 aromatic heterocycles. The molecule has 1 fully saturated rings. The van der Waals surface area contributed by atoms with E-state index in [2.05, 4.69) is 0 Å². The lowest BCUT2D eigenvalue weighted by molar-refractivity contribution is -0.137. The molecule has 0 atom stereocenters. The average Bonchev–Trinajstić information content (AvgIpc) is 2.85. The lowest BCUT2D eigenvalue weighted by atomic mass is 10.2. The third-order valence-corrected chi connectivity index (χ3v) is 2.65. The smallest absolute Gasteiger partial charge is 0.416 e. The standard InChI is InChI=1S/C10H8F3IO/c11-10(12,13)6-3-7(14)5-9(4-6)15-8-1-2-8/h3-5,8H,1-2H2. The van der Waals surface area contributed by atoms with Crippen LogP contribution in [-0.4, -0.2) is 6.10 Å². The van der Waals surface area contributed by atoms with Gasteiger partial charge in [-0.05, 0) is 53.6 Å². The maximum absolute atomic E-state index is 12.4. The third-order valence-electron chi connectivity index (χ3n) is 2.03. The fourth-order valence-electron chi connectivity index (χ4n) is 1.17. The van der Waals surface area contributed by atoms with Gasteiger partial charge < -0.3 is 4.74 Å². The summed E-state index contributed by atoms with van der Waals surface area (Å²) >= 11 is 1.86. The molecule has 0 aliphatic heterocycles. The Bertz CT molecular complexity index is 371. The molecule has 2 rings (SSSR count). The first kappa shape index (κ1) is 11.0. The summed E-state index contributed by atoms with van der Waals surface area (Å²) in [4.78, 5) is 0. The molecular formula is C10H8F3IO. The maximum atomic E-state index is 12.4. The van der Waals surface area contributed by atoms with Gasteiger partial charge in [-0.15, -0.1) is 0 Å². The molecule has 1 aromatic rings. The van der Waals surface area contributed by atoms with E-state index >= 15 is 0 Å². The van der Waals surface area contributed by atoms with Crippen LogP contribution >= 0.6 is 22.6 Å². The monoisotopic (exact) mass is 328 g/mol. The average molecular weight is 328 g/mol. The Hall–Kier alpha value is -0.460. The third kappa shape index (κ3) is 2.99. The number of hydrogen-bond donors (Lipinski definition) is 0. The molecule has 1 nitrogen and oxygen atoms in total. The lowest BCUT2D eigenvalue weighted by Crippen LogP contribution is -2.06. The van der Waals surface area contributed by atoms with Gasteiger partial charge in [0.25, 0.3) is 0 Å². The Labute approximate surface area is 98.8 Å². The minimum absolute atomic E-state index is 0.115. The summed E-state index contributed by atoms with van der Waals surface area (Å²) in [5.41, 5.74) is -0.648. The molecule has 82 valence electrons. The van der Waals surface area contributed by atoms with Crippen LogP contribution in [0.3, 0.4) is 0 Å². The van der Waals surface area contributed by atoms with Crippen LogP contribution in [0.25, 0.3) is 0 Å². The minimum Gasteiger partial charge on any atom is -0.490 e. The van der Waals surface area contributed by atoms with Gasteiger partial charge in [-0.25, -0.2) is 0 Å². The fourth-order valence-corrected chi connectivity index (χ4v) is 1.82. The van der Waals surface area contributed by atoms with Crippen molar-refractivity contribution in [1.29, 1.82) is 0 Å². The van der Waals surface area contributed by atoms with Crippen molar-refractivity contribution in [2.75, 3.05) is 0 Å². The van der Waals surface area contributed by atoms with E-state index in [1.807, 2.05) is 22.6 Å². The van der Waals surface area contributed by atoms with Crippen LogP contribution in [0.5, 0.6) is 5.75 Å². The van der Waals surface area contributed by atoms with E-state index in [0.717, 1.165) is 25.0 Å². The van der Waals surface area contributed by atoms with E-state index in [1.165, 1.54) is 0 Å². The van der Waals surface area contributed by atoms with Crippen molar-refractivity contribution in [1.82, 2.24) is 0 Å². The zero-order chi connectivity index (χ0) is 11.1. The van der Waals surface area contributed by atoms with Gasteiger partial charge in [-0.3, -0.25) is 0 Å². The largest absolute Gasteiger partial charge is 0.490 e. The van der Waals surface area contributed by atoms with Crippen LogP contribution in [0.15, 0.2) is 18.2 Å². The Balaban J connectivity index is 2.27. The Morgan fingerprint density at radius 1 is 1.20 bits per heavy atom. The summed E-state index contributed by atoms with van der Waals surface area (Å²) in [6, 6.07) is 3.79. The number of halogens is 4. The Morgan fingerprint density at radius 3 is 2.40 bits per heavy atom. The molecule has 1 aliphatic carbocycles. The predicted molar refractivity (Wildman–Crippen MR) is 57.8 cm³/mol. The summed E-state index contributed by atoms with van der Waals surface area (Å²) in [7, 11) is 0. The lowest BCUT2D eigenvalue weighted by Gasteiger charge is -2.10. The van der Waals surface area contributed by atoms with Crippen molar-refractivity contribution >= 4 is 22.6 Å². The second kappa shape index (κ2) is 3.84. The van der Waals surface area contributed by atoms with Crippen LogP contribution < -0.4 is 4.74 Å². The molecule has 0 bridgehead atoms. The van der Waals surface area contributed by atoms with E-state index < -0.39 is 11.7 Å². The first-order valence-corrected chi connectivity index (χ1v) is 5.57. The van der Waals surface area contributed by atoms with Gasteiger partial charge in [0.15, 0.2) is 0 Å². The van der Waals surface area contributed by atoms with E-state index in [1.54, 1.807) is 6.07 Å². The first-order valence-electron chi connectivity index (χ1n) is 4.49. The summed E-state index contributed by atoms with van der Waals surface area (Å²) in [5, 5.41) is 0. The molecule has 15 heavy (non-hydrogen) atoms. The molecule has 1 aromatic carbocycles. The second-order valence-electron chi connectivity index (χ2n) is 3.49. The van der Waals surface area contributed by atoms with Crippen molar-refractivity contribution in [3.63, 3.8) is 0 Å². The van der Waals surface area contributed by atoms with Crippen molar-refractivity contribution in [3.8, 4) is 5.75 Å². The summed E-state index contributed by atoms with van der Waals surface area (Å²) in [6.45, 7) is 0. The highest BCUT2D eigenvalue weighted by Gasteiger charge is 2.32. The van der Waals surface area contributed by atoms with Gasteiger partial charge in [-0.1, -0.05) is 0 Å². The van der Waals surface area contributed by atoms with Crippen LogP contribution in [0.4, 0.5) is 13.2 Å². The molecule has 0 amide bonds. The number of alkyl halides is 3. The highest BCUT2D eigenvalue weighted by Crippen LogP contribution is 2.35. The van der Waals surface area contributed by atoms with E-state index in [-0.39, 0.29) is 6.10 Å². The van der Waals surface area contributed by atoms with Crippen LogP contribution in [0.2, 0.25) is 0 Å². The maximum Gasteiger partial charge on any atom is 0.416 e. The second-order valence-corrected chi connectivity index (χ2v) is 4.74. The van der Waals surface area contributed by atoms with Crippen molar-refractivity contribution < 1.29 is 17.9 Å². The number of hydrogen-bond acceptors (Lipinski definition) is 1. The summed E-state index contributed by atoms with van der Waals surface area (Å²) in [6.07, 6.45) is -2.31. The quantitative estimate of drug-likeness (QED) is 0.750. The van der Waals surface area contributed by atoms with Gasteiger partial charge in [-0.2, -0.15) is 13.2 Å². The van der Waals surface area contributed by atoms with E-state index in [0.29, 0.717) is 9.32 Å². The zero-order valence-electron chi connectivity index (χ0n) is 7.64. The predicted octanol–water partition coefficient (Wildman–Crippen LogP) is 3.85. The Morgan fingerprint density at radius 2 is 1.87 bits per heavy atom. The van der Waals surface area contributed by atoms with E-state index in [9.17, 15) is 13.2 Å². The van der Waals surface area contributed by atoms with Gasteiger partial charge in [0, 0.05) is 3.57 Å². The van der Waals surface area contributed by atoms with Gasteiger partial charge in [0.2, 0.25) is 0 Å². The summed E-state index contributed by atoms with van der Waals surface area (Å²) < 4.78 is 43.2. The van der Waals surface area contributed by atoms with Gasteiger partial charge in [0.05, 0.1) is 11.7 Å². The fraction of sp³-hybridized carbons (Fsp3) is 0.400. The molecule has 1 aliphatic rings.